The molecule has 1 N–H and O–H groups in total. The van der Waals surface area contributed by atoms with Crippen LogP contribution in [0.3, 0.4) is 0 Å². The van der Waals surface area contributed by atoms with Crippen molar-refractivity contribution >= 4 is 11.3 Å². The largest absolute Gasteiger partial charge is 0.394 e. The Bertz CT molecular complexity index is 647. The normalized spacial score (nSPS) is 13.1. The van der Waals surface area contributed by atoms with Crippen LogP contribution in [0.5, 0.6) is 0 Å². The number of aryl methyl sites for hydroxylation is 3. The van der Waals surface area contributed by atoms with Crippen molar-refractivity contribution in [3.05, 3.63) is 32.5 Å². The number of aromatic nitrogens is 3. The first-order chi connectivity index (χ1) is 10.3. The van der Waals surface area contributed by atoms with Crippen LogP contribution in [0.25, 0.3) is 0 Å². The molecule has 0 spiro atoms. The Kier molecular flexibility index (Phi) is 5.36. The van der Waals surface area contributed by atoms with Crippen LogP contribution in [-0.2, 0) is 13.1 Å². The van der Waals surface area contributed by atoms with E-state index in [2.05, 4.69) is 49.7 Å². The lowest BCUT2D eigenvalue weighted by Gasteiger charge is -2.24. The van der Waals surface area contributed by atoms with E-state index in [1.807, 2.05) is 11.6 Å². The standard InChI is InChI=1S/C16H26N4OS/c1-10-15(12(3)20(18-10)7-8-21)9-19(6)13(4)16-11(2)17-14(5)22-16/h13,21H,7-9H2,1-6H3. The molecule has 0 aromatic carbocycles. The Morgan fingerprint density at radius 3 is 2.45 bits per heavy atom. The fraction of sp³-hybridized carbons (Fsp3) is 0.625. The van der Waals surface area contributed by atoms with Crippen molar-refractivity contribution in [3.8, 4) is 0 Å². The minimum Gasteiger partial charge on any atom is -0.394 e. The highest BCUT2D eigenvalue weighted by Crippen LogP contribution is 2.29. The average Bonchev–Trinajstić information content (AvgIpc) is 2.92. The van der Waals surface area contributed by atoms with E-state index in [1.54, 1.807) is 11.3 Å². The van der Waals surface area contributed by atoms with Gasteiger partial charge in [-0.3, -0.25) is 9.58 Å². The zero-order valence-corrected chi connectivity index (χ0v) is 15.2. The average molecular weight is 322 g/mol. The van der Waals surface area contributed by atoms with E-state index in [0.717, 1.165) is 28.6 Å². The van der Waals surface area contributed by atoms with Crippen molar-refractivity contribution in [2.75, 3.05) is 13.7 Å². The Morgan fingerprint density at radius 1 is 1.23 bits per heavy atom. The van der Waals surface area contributed by atoms with E-state index in [4.69, 9.17) is 5.11 Å². The summed E-state index contributed by atoms with van der Waals surface area (Å²) in [6.07, 6.45) is 0. The first-order valence-electron chi connectivity index (χ1n) is 7.63. The fourth-order valence-corrected chi connectivity index (χ4v) is 3.84. The summed E-state index contributed by atoms with van der Waals surface area (Å²) in [6, 6.07) is 0.325. The number of aliphatic hydroxyl groups is 1. The molecule has 0 saturated heterocycles. The van der Waals surface area contributed by atoms with E-state index in [1.165, 1.54) is 10.4 Å². The van der Waals surface area contributed by atoms with Gasteiger partial charge >= 0.3 is 0 Å². The third kappa shape index (κ3) is 3.39. The van der Waals surface area contributed by atoms with E-state index < -0.39 is 0 Å². The predicted molar refractivity (Wildman–Crippen MR) is 90.3 cm³/mol. The van der Waals surface area contributed by atoms with Crippen molar-refractivity contribution in [1.29, 1.82) is 0 Å². The molecule has 1 atom stereocenters. The molecule has 22 heavy (non-hydrogen) atoms. The van der Waals surface area contributed by atoms with Crippen LogP contribution in [0.4, 0.5) is 0 Å². The molecule has 0 aliphatic heterocycles. The monoisotopic (exact) mass is 322 g/mol. The minimum atomic E-state index is 0.118. The Balaban J connectivity index is 2.18. The van der Waals surface area contributed by atoms with Gasteiger partial charge in [0.15, 0.2) is 0 Å². The molecule has 0 aliphatic carbocycles. The highest BCUT2D eigenvalue weighted by Gasteiger charge is 2.20. The highest BCUT2D eigenvalue weighted by molar-refractivity contribution is 7.11. The first kappa shape index (κ1) is 17.1. The molecule has 0 fully saturated rings. The third-order valence-electron chi connectivity index (χ3n) is 4.23. The van der Waals surface area contributed by atoms with Crippen LogP contribution in [0.15, 0.2) is 0 Å². The fourth-order valence-electron chi connectivity index (χ4n) is 2.80. The summed E-state index contributed by atoms with van der Waals surface area (Å²) in [5, 5.41) is 14.8. The van der Waals surface area contributed by atoms with Gasteiger partial charge in [0.25, 0.3) is 0 Å². The molecule has 2 rings (SSSR count). The maximum absolute atomic E-state index is 9.12. The van der Waals surface area contributed by atoms with E-state index >= 15 is 0 Å². The van der Waals surface area contributed by atoms with Gasteiger partial charge in [0, 0.05) is 28.7 Å². The van der Waals surface area contributed by atoms with Crippen molar-refractivity contribution in [3.63, 3.8) is 0 Å². The topological polar surface area (TPSA) is 54.2 Å². The second-order valence-electron chi connectivity index (χ2n) is 5.87. The van der Waals surface area contributed by atoms with Gasteiger partial charge in [0.1, 0.15) is 0 Å². The summed E-state index contributed by atoms with van der Waals surface area (Å²) in [7, 11) is 2.14. The van der Waals surface area contributed by atoms with Gasteiger partial charge in [-0.05, 0) is 41.7 Å². The van der Waals surface area contributed by atoms with Crippen LogP contribution < -0.4 is 0 Å². The van der Waals surface area contributed by atoms with Gasteiger partial charge < -0.3 is 5.11 Å². The molecular weight excluding hydrogens is 296 g/mol. The van der Waals surface area contributed by atoms with Gasteiger partial charge in [-0.1, -0.05) is 0 Å². The molecule has 2 aromatic rings. The molecule has 2 heterocycles. The lowest BCUT2D eigenvalue weighted by atomic mass is 10.1. The summed E-state index contributed by atoms with van der Waals surface area (Å²) < 4.78 is 1.89. The van der Waals surface area contributed by atoms with Crippen LogP contribution in [0.2, 0.25) is 0 Å². The zero-order valence-electron chi connectivity index (χ0n) is 14.3. The lowest BCUT2D eigenvalue weighted by Crippen LogP contribution is -2.22. The molecule has 0 radical (unpaired) electrons. The second-order valence-corrected chi connectivity index (χ2v) is 7.10. The molecule has 122 valence electrons. The van der Waals surface area contributed by atoms with Gasteiger partial charge in [-0.15, -0.1) is 11.3 Å². The number of hydrogen-bond donors (Lipinski definition) is 1. The molecule has 0 aliphatic rings. The smallest absolute Gasteiger partial charge is 0.0900 e. The summed E-state index contributed by atoms with van der Waals surface area (Å²) in [6.45, 7) is 12.0. The van der Waals surface area contributed by atoms with Gasteiger partial charge in [-0.25, -0.2) is 4.98 Å². The molecule has 5 nitrogen and oxygen atoms in total. The highest BCUT2D eigenvalue weighted by atomic mass is 32.1. The molecular formula is C16H26N4OS. The summed E-state index contributed by atoms with van der Waals surface area (Å²) >= 11 is 1.78. The SMILES string of the molecule is Cc1nc(C)c(C(C)N(C)Cc2c(C)nn(CCO)c2C)s1. The zero-order chi connectivity index (χ0) is 16.4. The van der Waals surface area contributed by atoms with Crippen molar-refractivity contribution in [2.24, 2.45) is 0 Å². The minimum absolute atomic E-state index is 0.118. The van der Waals surface area contributed by atoms with Gasteiger partial charge in [-0.2, -0.15) is 5.10 Å². The predicted octanol–water partition coefficient (Wildman–Crippen LogP) is 2.76. The number of nitrogens with zero attached hydrogens (tertiary/aromatic N) is 4. The van der Waals surface area contributed by atoms with E-state index in [-0.39, 0.29) is 6.61 Å². The van der Waals surface area contributed by atoms with Crippen LogP contribution in [-0.4, -0.2) is 38.4 Å². The van der Waals surface area contributed by atoms with E-state index in [0.29, 0.717) is 12.6 Å². The number of hydrogen-bond acceptors (Lipinski definition) is 5. The van der Waals surface area contributed by atoms with Crippen LogP contribution >= 0.6 is 11.3 Å². The van der Waals surface area contributed by atoms with Crippen LogP contribution in [0, 0.1) is 27.7 Å². The molecule has 0 amide bonds. The van der Waals surface area contributed by atoms with E-state index in [9.17, 15) is 0 Å². The molecule has 2 aromatic heterocycles. The Labute approximate surface area is 136 Å². The Morgan fingerprint density at radius 2 is 1.91 bits per heavy atom. The maximum Gasteiger partial charge on any atom is 0.0900 e. The van der Waals surface area contributed by atoms with Crippen molar-refractivity contribution < 1.29 is 5.11 Å². The quantitative estimate of drug-likeness (QED) is 0.888. The number of rotatable bonds is 6. The summed E-state index contributed by atoms with van der Waals surface area (Å²) in [5.74, 6) is 0. The first-order valence-corrected chi connectivity index (χ1v) is 8.44. The second kappa shape index (κ2) is 6.89. The van der Waals surface area contributed by atoms with Crippen molar-refractivity contribution in [2.45, 2.75) is 53.8 Å². The third-order valence-corrected chi connectivity index (χ3v) is 5.47. The molecule has 1 unspecified atom stereocenters. The number of aliphatic hydroxyl groups excluding tert-OH is 1. The molecule has 0 bridgehead atoms. The van der Waals surface area contributed by atoms with Gasteiger partial charge in [0.05, 0.1) is 29.5 Å². The van der Waals surface area contributed by atoms with Crippen molar-refractivity contribution in [1.82, 2.24) is 19.7 Å². The maximum atomic E-state index is 9.12. The Hall–Kier alpha value is -1.24. The van der Waals surface area contributed by atoms with Gasteiger partial charge in [0.2, 0.25) is 0 Å². The molecule has 6 heteroatoms. The van der Waals surface area contributed by atoms with Crippen LogP contribution in [0.1, 0.15) is 45.5 Å². The number of thiazole rings is 1. The summed E-state index contributed by atoms with van der Waals surface area (Å²) in [5.41, 5.74) is 4.57. The molecule has 0 saturated carbocycles. The lowest BCUT2D eigenvalue weighted by molar-refractivity contribution is 0.253. The summed E-state index contributed by atoms with van der Waals surface area (Å²) in [4.78, 5) is 8.20.